The van der Waals surface area contributed by atoms with Crippen LogP contribution in [0.2, 0.25) is 0 Å². The van der Waals surface area contributed by atoms with E-state index in [1.165, 1.54) is 6.07 Å². The molecule has 0 fully saturated rings. The highest BCUT2D eigenvalue weighted by Crippen LogP contribution is 2.41. The normalized spacial score (nSPS) is 14.6. The largest absolute Gasteiger partial charge is 0.454 e. The van der Waals surface area contributed by atoms with Crippen molar-refractivity contribution >= 4 is 38.4 Å². The number of sulfonamides is 1. The second-order valence-corrected chi connectivity index (χ2v) is 8.22. The molecule has 27 heavy (non-hydrogen) atoms. The van der Waals surface area contributed by atoms with Gasteiger partial charge in [0.15, 0.2) is 6.61 Å². The number of ether oxygens (including phenoxy) is 1. The van der Waals surface area contributed by atoms with Gasteiger partial charge in [0.2, 0.25) is 0 Å². The Labute approximate surface area is 158 Å². The van der Waals surface area contributed by atoms with Crippen LogP contribution < -0.4 is 9.62 Å². The van der Waals surface area contributed by atoms with Gasteiger partial charge in [0.25, 0.3) is 15.9 Å². The molecule has 8 heteroatoms. The molecule has 0 saturated carbocycles. The maximum absolute atomic E-state index is 12.8. The number of benzene rings is 2. The zero-order valence-corrected chi connectivity index (χ0v) is 16.1. The molecule has 0 aliphatic carbocycles. The van der Waals surface area contributed by atoms with Crippen LogP contribution in [0.15, 0.2) is 41.3 Å². The number of rotatable bonds is 7. The molecule has 0 bridgehead atoms. The monoisotopic (exact) mass is 390 g/mol. The molecule has 0 saturated heterocycles. The third kappa shape index (κ3) is 3.62. The van der Waals surface area contributed by atoms with Crippen LogP contribution in [0.25, 0.3) is 10.8 Å². The molecule has 2 aromatic rings. The van der Waals surface area contributed by atoms with Crippen LogP contribution in [-0.2, 0) is 24.3 Å². The van der Waals surface area contributed by atoms with E-state index in [-0.39, 0.29) is 10.9 Å². The standard InChI is InChI=1S/C19H22N2O5S/c1-3-14(4-2)20-17(22)12-26-18(23)11-21-15-9-5-7-13-8-6-10-16(19(13)15)27(21,24)25/h5-10,14H,3-4,11-12H2,1-2H3,(H,20,22). The lowest BCUT2D eigenvalue weighted by molar-refractivity contribution is -0.147. The first kappa shape index (κ1) is 19.2. The van der Waals surface area contributed by atoms with Gasteiger partial charge >= 0.3 is 5.97 Å². The minimum atomic E-state index is -3.83. The van der Waals surface area contributed by atoms with Gasteiger partial charge in [-0.3, -0.25) is 13.9 Å². The highest BCUT2D eigenvalue weighted by molar-refractivity contribution is 7.93. The second kappa shape index (κ2) is 7.56. The Kier molecular flexibility index (Phi) is 5.36. The number of hydrogen-bond acceptors (Lipinski definition) is 5. The van der Waals surface area contributed by atoms with E-state index >= 15 is 0 Å². The van der Waals surface area contributed by atoms with Crippen molar-refractivity contribution in [1.29, 1.82) is 0 Å². The van der Waals surface area contributed by atoms with Crippen LogP contribution in [0.5, 0.6) is 0 Å². The summed E-state index contributed by atoms with van der Waals surface area (Å²) in [6.45, 7) is 3.00. The molecule has 0 atom stereocenters. The number of nitrogens with one attached hydrogen (secondary N) is 1. The number of carbonyl (C=O) groups is 2. The number of carbonyl (C=O) groups excluding carboxylic acids is 2. The van der Waals surface area contributed by atoms with E-state index < -0.39 is 35.1 Å². The van der Waals surface area contributed by atoms with Crippen LogP contribution in [0, 0.1) is 0 Å². The molecule has 0 unspecified atom stereocenters. The summed E-state index contributed by atoms with van der Waals surface area (Å²) in [5, 5.41) is 4.15. The molecule has 1 amide bonds. The first-order chi connectivity index (χ1) is 12.9. The number of anilines is 1. The van der Waals surface area contributed by atoms with E-state index in [0.29, 0.717) is 11.1 Å². The van der Waals surface area contributed by atoms with Gasteiger partial charge in [-0.1, -0.05) is 38.1 Å². The van der Waals surface area contributed by atoms with Gasteiger partial charge in [0, 0.05) is 11.4 Å². The summed E-state index contributed by atoms with van der Waals surface area (Å²) in [5.41, 5.74) is 0.446. The summed E-state index contributed by atoms with van der Waals surface area (Å²) in [5.74, 6) is -1.17. The number of esters is 1. The lowest BCUT2D eigenvalue weighted by Crippen LogP contribution is -2.38. The van der Waals surface area contributed by atoms with E-state index in [2.05, 4.69) is 5.32 Å². The zero-order valence-electron chi connectivity index (χ0n) is 15.3. The van der Waals surface area contributed by atoms with Gasteiger partial charge in [0.05, 0.1) is 10.6 Å². The Morgan fingerprint density at radius 1 is 1.11 bits per heavy atom. The van der Waals surface area contributed by atoms with Crippen LogP contribution in [0.1, 0.15) is 26.7 Å². The lowest BCUT2D eigenvalue weighted by Gasteiger charge is -2.18. The Morgan fingerprint density at radius 2 is 1.78 bits per heavy atom. The SMILES string of the molecule is CCC(CC)NC(=O)COC(=O)CN1c2cccc3cccc(c23)S1(=O)=O. The van der Waals surface area contributed by atoms with Gasteiger partial charge in [-0.2, -0.15) is 0 Å². The van der Waals surface area contributed by atoms with Crippen molar-refractivity contribution in [2.75, 3.05) is 17.5 Å². The minimum absolute atomic E-state index is 0.0299. The maximum Gasteiger partial charge on any atom is 0.327 e. The highest BCUT2D eigenvalue weighted by Gasteiger charge is 2.37. The zero-order chi connectivity index (χ0) is 19.6. The predicted octanol–water partition coefficient (Wildman–Crippen LogP) is 2.20. The van der Waals surface area contributed by atoms with Crippen molar-refractivity contribution in [3.8, 4) is 0 Å². The Bertz CT molecular complexity index is 978. The number of nitrogens with zero attached hydrogens (tertiary/aromatic N) is 1. The van der Waals surface area contributed by atoms with Crippen molar-refractivity contribution in [3.63, 3.8) is 0 Å². The predicted molar refractivity (Wildman–Crippen MR) is 102 cm³/mol. The fraction of sp³-hybridized carbons (Fsp3) is 0.368. The first-order valence-corrected chi connectivity index (χ1v) is 10.3. The molecule has 0 radical (unpaired) electrons. The second-order valence-electron chi connectivity index (χ2n) is 6.38. The fourth-order valence-corrected chi connectivity index (χ4v) is 4.85. The lowest BCUT2D eigenvalue weighted by atomic mass is 10.1. The number of amides is 1. The van der Waals surface area contributed by atoms with Gasteiger partial charge in [-0.05, 0) is 30.4 Å². The van der Waals surface area contributed by atoms with Crippen molar-refractivity contribution < 1.29 is 22.7 Å². The minimum Gasteiger partial charge on any atom is -0.454 e. The van der Waals surface area contributed by atoms with Crippen molar-refractivity contribution in [3.05, 3.63) is 36.4 Å². The molecule has 1 aliphatic heterocycles. The van der Waals surface area contributed by atoms with Crippen molar-refractivity contribution in [2.24, 2.45) is 0 Å². The Balaban J connectivity index is 1.71. The third-order valence-electron chi connectivity index (χ3n) is 4.67. The van der Waals surface area contributed by atoms with E-state index in [0.717, 1.165) is 22.5 Å². The average molecular weight is 390 g/mol. The topological polar surface area (TPSA) is 92.8 Å². The van der Waals surface area contributed by atoms with Crippen LogP contribution >= 0.6 is 0 Å². The molecule has 144 valence electrons. The summed E-state index contributed by atoms with van der Waals surface area (Å²) in [6.07, 6.45) is 1.56. The summed E-state index contributed by atoms with van der Waals surface area (Å²) in [6, 6.07) is 10.3. The molecule has 0 spiro atoms. The van der Waals surface area contributed by atoms with Crippen LogP contribution in [0.3, 0.4) is 0 Å². The van der Waals surface area contributed by atoms with Gasteiger partial charge in [-0.25, -0.2) is 8.42 Å². The summed E-state index contributed by atoms with van der Waals surface area (Å²) < 4.78 is 31.6. The fourth-order valence-electron chi connectivity index (χ4n) is 3.20. The summed E-state index contributed by atoms with van der Waals surface area (Å²) in [7, 11) is -3.83. The Morgan fingerprint density at radius 3 is 2.44 bits per heavy atom. The van der Waals surface area contributed by atoms with Crippen molar-refractivity contribution in [2.45, 2.75) is 37.6 Å². The smallest absolute Gasteiger partial charge is 0.327 e. The maximum atomic E-state index is 12.8. The molecule has 0 aromatic heterocycles. The van der Waals surface area contributed by atoms with Crippen molar-refractivity contribution in [1.82, 2.24) is 5.32 Å². The van der Waals surface area contributed by atoms with Crippen LogP contribution in [0.4, 0.5) is 5.69 Å². The molecule has 1 aliphatic rings. The molecule has 3 rings (SSSR count). The van der Waals surface area contributed by atoms with Gasteiger partial charge in [-0.15, -0.1) is 0 Å². The average Bonchev–Trinajstić information content (AvgIpc) is 2.88. The number of hydrogen-bond donors (Lipinski definition) is 1. The highest BCUT2D eigenvalue weighted by atomic mass is 32.2. The molecular weight excluding hydrogens is 368 g/mol. The van der Waals surface area contributed by atoms with Crippen LogP contribution in [-0.4, -0.2) is 39.5 Å². The Hall–Kier alpha value is -2.61. The van der Waals surface area contributed by atoms with Gasteiger partial charge < -0.3 is 10.1 Å². The molecule has 1 N–H and O–H groups in total. The molecular formula is C19H22N2O5S. The molecule has 1 heterocycles. The third-order valence-corrected chi connectivity index (χ3v) is 6.47. The summed E-state index contributed by atoms with van der Waals surface area (Å²) >= 11 is 0. The molecule has 2 aromatic carbocycles. The quantitative estimate of drug-likeness (QED) is 0.732. The van der Waals surface area contributed by atoms with E-state index in [4.69, 9.17) is 4.74 Å². The molecule has 7 nitrogen and oxygen atoms in total. The van der Waals surface area contributed by atoms with E-state index in [1.54, 1.807) is 18.2 Å². The summed E-state index contributed by atoms with van der Waals surface area (Å²) in [4.78, 5) is 24.2. The van der Waals surface area contributed by atoms with E-state index in [1.807, 2.05) is 26.0 Å². The van der Waals surface area contributed by atoms with Gasteiger partial charge in [0.1, 0.15) is 6.54 Å². The van der Waals surface area contributed by atoms with E-state index in [9.17, 15) is 18.0 Å². The first-order valence-electron chi connectivity index (χ1n) is 8.88.